The summed E-state index contributed by atoms with van der Waals surface area (Å²) < 4.78 is 12.2. The largest absolute Gasteiger partial charge is 0.483 e. The molecule has 2 aromatic rings. The fourth-order valence-electron chi connectivity index (χ4n) is 2.39. The highest BCUT2D eigenvalue weighted by Crippen LogP contribution is 2.23. The summed E-state index contributed by atoms with van der Waals surface area (Å²) in [6.07, 6.45) is 0.748. The van der Waals surface area contributed by atoms with E-state index in [1.54, 1.807) is 11.7 Å². The lowest BCUT2D eigenvalue weighted by Crippen LogP contribution is -2.30. The van der Waals surface area contributed by atoms with Gasteiger partial charge in [-0.05, 0) is 25.5 Å². The van der Waals surface area contributed by atoms with Crippen LogP contribution in [0.25, 0.3) is 10.9 Å². The van der Waals surface area contributed by atoms with Crippen LogP contribution in [0.15, 0.2) is 35.1 Å². The predicted octanol–water partition coefficient (Wildman–Crippen LogP) is 1.55. The second-order valence-electron chi connectivity index (χ2n) is 5.09. The molecule has 0 fully saturated rings. The van der Waals surface area contributed by atoms with Gasteiger partial charge in [0, 0.05) is 38.3 Å². The van der Waals surface area contributed by atoms with Gasteiger partial charge >= 0.3 is 0 Å². The molecule has 0 aliphatic rings. The first kappa shape index (κ1) is 17.0. The Kier molecular flexibility index (Phi) is 6.17. The predicted molar refractivity (Wildman–Crippen MR) is 88.9 cm³/mol. The van der Waals surface area contributed by atoms with Gasteiger partial charge in [0.05, 0.1) is 5.52 Å². The van der Waals surface area contributed by atoms with Gasteiger partial charge in [-0.25, -0.2) is 0 Å². The van der Waals surface area contributed by atoms with Crippen molar-refractivity contribution in [2.45, 2.75) is 19.9 Å². The van der Waals surface area contributed by atoms with E-state index >= 15 is 0 Å². The molecule has 1 aromatic carbocycles. The van der Waals surface area contributed by atoms with Gasteiger partial charge < -0.3 is 19.4 Å². The summed E-state index contributed by atoms with van der Waals surface area (Å²) in [4.78, 5) is 23.9. The molecule has 6 heteroatoms. The van der Waals surface area contributed by atoms with E-state index in [4.69, 9.17) is 9.47 Å². The SMILES string of the molecule is CCn1c(=O)cc(OCC(=O)NCCCOC)c2ccccc21. The van der Waals surface area contributed by atoms with Crippen molar-refractivity contribution in [3.8, 4) is 5.75 Å². The minimum atomic E-state index is -0.218. The first-order valence-electron chi connectivity index (χ1n) is 7.68. The van der Waals surface area contributed by atoms with Gasteiger partial charge in [-0.1, -0.05) is 12.1 Å². The third-order valence-electron chi connectivity index (χ3n) is 3.50. The summed E-state index contributed by atoms with van der Waals surface area (Å²) in [7, 11) is 1.62. The highest BCUT2D eigenvalue weighted by molar-refractivity contribution is 5.86. The lowest BCUT2D eigenvalue weighted by Gasteiger charge is -2.13. The Labute approximate surface area is 135 Å². The van der Waals surface area contributed by atoms with Crippen molar-refractivity contribution < 1.29 is 14.3 Å². The van der Waals surface area contributed by atoms with Gasteiger partial charge in [-0.2, -0.15) is 0 Å². The van der Waals surface area contributed by atoms with Gasteiger partial charge in [0.15, 0.2) is 6.61 Å². The Bertz CT molecular complexity index is 724. The maximum absolute atomic E-state index is 12.1. The number of para-hydroxylation sites is 1. The number of carbonyl (C=O) groups is 1. The molecule has 0 saturated carbocycles. The minimum Gasteiger partial charge on any atom is -0.483 e. The van der Waals surface area contributed by atoms with Crippen molar-refractivity contribution in [1.82, 2.24) is 9.88 Å². The number of ether oxygens (including phenoxy) is 2. The van der Waals surface area contributed by atoms with Gasteiger partial charge in [0.25, 0.3) is 11.5 Å². The topological polar surface area (TPSA) is 69.6 Å². The molecule has 2 rings (SSSR count). The molecule has 0 aliphatic carbocycles. The lowest BCUT2D eigenvalue weighted by atomic mass is 10.2. The molecule has 0 saturated heterocycles. The number of fused-ring (bicyclic) bond motifs is 1. The van der Waals surface area contributed by atoms with Crippen LogP contribution in [0.2, 0.25) is 0 Å². The molecular formula is C17H22N2O4. The number of aryl methyl sites for hydroxylation is 1. The third-order valence-corrected chi connectivity index (χ3v) is 3.50. The highest BCUT2D eigenvalue weighted by atomic mass is 16.5. The number of aromatic nitrogens is 1. The van der Waals surface area contributed by atoms with Crippen molar-refractivity contribution in [2.24, 2.45) is 0 Å². The molecule has 1 heterocycles. The first-order valence-corrected chi connectivity index (χ1v) is 7.68. The van der Waals surface area contributed by atoms with E-state index < -0.39 is 0 Å². The number of methoxy groups -OCH3 is 1. The van der Waals surface area contributed by atoms with Crippen LogP contribution in [0.4, 0.5) is 0 Å². The summed E-state index contributed by atoms with van der Waals surface area (Å²) in [6, 6.07) is 8.94. The number of nitrogens with zero attached hydrogens (tertiary/aromatic N) is 1. The Morgan fingerprint density at radius 2 is 2.09 bits per heavy atom. The molecule has 6 nitrogen and oxygen atoms in total. The fourth-order valence-corrected chi connectivity index (χ4v) is 2.39. The van der Waals surface area contributed by atoms with Gasteiger partial charge in [-0.3, -0.25) is 9.59 Å². The quantitative estimate of drug-likeness (QED) is 0.750. The Hall–Kier alpha value is -2.34. The number of carbonyl (C=O) groups excluding carboxylic acids is 1. The van der Waals surface area contributed by atoms with Gasteiger partial charge in [0.2, 0.25) is 0 Å². The molecule has 1 N–H and O–H groups in total. The Morgan fingerprint density at radius 1 is 1.30 bits per heavy atom. The van der Waals surface area contributed by atoms with Crippen LogP contribution in [0.3, 0.4) is 0 Å². The number of amides is 1. The summed E-state index contributed by atoms with van der Waals surface area (Å²) in [5, 5.41) is 3.57. The van der Waals surface area contributed by atoms with Crippen LogP contribution in [-0.2, 0) is 16.1 Å². The van der Waals surface area contributed by atoms with E-state index in [0.29, 0.717) is 25.4 Å². The van der Waals surface area contributed by atoms with E-state index in [2.05, 4.69) is 5.32 Å². The molecule has 23 heavy (non-hydrogen) atoms. The molecular weight excluding hydrogens is 296 g/mol. The van der Waals surface area contributed by atoms with E-state index in [1.807, 2.05) is 31.2 Å². The molecule has 0 atom stereocenters. The first-order chi connectivity index (χ1) is 11.2. The van der Waals surface area contributed by atoms with Gasteiger partial charge in [0.1, 0.15) is 5.75 Å². The molecule has 0 bridgehead atoms. The van der Waals surface area contributed by atoms with Crippen molar-refractivity contribution >= 4 is 16.8 Å². The molecule has 0 aliphatic heterocycles. The normalized spacial score (nSPS) is 10.7. The smallest absolute Gasteiger partial charge is 0.257 e. The molecule has 0 unspecified atom stereocenters. The molecule has 1 amide bonds. The van der Waals surface area contributed by atoms with E-state index in [0.717, 1.165) is 17.3 Å². The average molecular weight is 318 g/mol. The highest BCUT2D eigenvalue weighted by Gasteiger charge is 2.10. The summed E-state index contributed by atoms with van der Waals surface area (Å²) in [5.41, 5.74) is 0.666. The van der Waals surface area contributed by atoms with Crippen LogP contribution >= 0.6 is 0 Å². The van der Waals surface area contributed by atoms with Crippen LogP contribution in [0.1, 0.15) is 13.3 Å². The van der Waals surface area contributed by atoms with Crippen LogP contribution < -0.4 is 15.6 Å². The van der Waals surface area contributed by atoms with E-state index in [9.17, 15) is 9.59 Å². The van der Waals surface area contributed by atoms with E-state index in [1.165, 1.54) is 6.07 Å². The lowest BCUT2D eigenvalue weighted by molar-refractivity contribution is -0.123. The second-order valence-corrected chi connectivity index (χ2v) is 5.09. The van der Waals surface area contributed by atoms with Crippen LogP contribution in [0.5, 0.6) is 5.75 Å². The number of hydrogen-bond acceptors (Lipinski definition) is 4. The molecule has 124 valence electrons. The zero-order chi connectivity index (χ0) is 16.7. The third kappa shape index (κ3) is 4.32. The standard InChI is InChI=1S/C17H22N2O4/c1-3-19-14-8-5-4-7-13(14)15(11-17(19)21)23-12-16(20)18-9-6-10-22-2/h4-5,7-8,11H,3,6,9-10,12H2,1-2H3,(H,18,20). The molecule has 1 aromatic heterocycles. The summed E-state index contributed by atoms with van der Waals surface area (Å²) in [5.74, 6) is 0.215. The second kappa shape index (κ2) is 8.33. The van der Waals surface area contributed by atoms with Crippen LogP contribution in [-0.4, -0.2) is 37.3 Å². The molecule has 0 spiro atoms. The maximum Gasteiger partial charge on any atom is 0.257 e. The Morgan fingerprint density at radius 3 is 2.83 bits per heavy atom. The van der Waals surface area contributed by atoms with Gasteiger partial charge in [-0.15, -0.1) is 0 Å². The van der Waals surface area contributed by atoms with Crippen LogP contribution in [0, 0.1) is 0 Å². The van der Waals surface area contributed by atoms with Crippen molar-refractivity contribution in [3.63, 3.8) is 0 Å². The van der Waals surface area contributed by atoms with E-state index in [-0.39, 0.29) is 18.1 Å². The maximum atomic E-state index is 12.1. The molecule has 0 radical (unpaired) electrons. The number of nitrogens with one attached hydrogen (secondary N) is 1. The zero-order valence-electron chi connectivity index (χ0n) is 13.5. The number of hydrogen-bond donors (Lipinski definition) is 1. The monoisotopic (exact) mass is 318 g/mol. The summed E-state index contributed by atoms with van der Waals surface area (Å²) in [6.45, 7) is 3.52. The average Bonchev–Trinajstić information content (AvgIpc) is 2.56. The Balaban J connectivity index is 2.09. The summed E-state index contributed by atoms with van der Waals surface area (Å²) >= 11 is 0. The fraction of sp³-hybridized carbons (Fsp3) is 0.412. The van der Waals surface area contributed by atoms with Crippen molar-refractivity contribution in [2.75, 3.05) is 26.9 Å². The van der Waals surface area contributed by atoms with Crippen molar-refractivity contribution in [3.05, 3.63) is 40.7 Å². The number of rotatable bonds is 8. The zero-order valence-corrected chi connectivity index (χ0v) is 13.5. The van der Waals surface area contributed by atoms with Crippen molar-refractivity contribution in [1.29, 1.82) is 0 Å². The number of benzene rings is 1. The number of pyridine rings is 1. The minimum absolute atomic E-state index is 0.118.